The molecule has 1 rings (SSSR count). The molecule has 0 aliphatic rings. The van der Waals surface area contributed by atoms with Crippen molar-refractivity contribution in [2.75, 3.05) is 7.11 Å². The van der Waals surface area contributed by atoms with Gasteiger partial charge in [0.1, 0.15) is 11.4 Å². The van der Waals surface area contributed by atoms with Crippen LogP contribution in [0.2, 0.25) is 0 Å². The second kappa shape index (κ2) is 4.53. The smallest absolute Gasteiger partial charge is 0.271 e. The van der Waals surface area contributed by atoms with Crippen molar-refractivity contribution in [1.29, 1.82) is 0 Å². The van der Waals surface area contributed by atoms with E-state index in [4.69, 9.17) is 16.3 Å². The molecule has 0 atom stereocenters. The predicted octanol–water partition coefficient (Wildman–Crippen LogP) is 2.72. The van der Waals surface area contributed by atoms with Crippen molar-refractivity contribution in [2.45, 2.75) is 13.3 Å². The Balaban J connectivity index is 3.49. The van der Waals surface area contributed by atoms with Crippen LogP contribution in [0, 0.1) is 6.92 Å². The van der Waals surface area contributed by atoms with Gasteiger partial charge in [0.05, 0.1) is 12.7 Å². The van der Waals surface area contributed by atoms with Crippen LogP contribution in [0.25, 0.3) is 0 Å². The summed E-state index contributed by atoms with van der Waals surface area (Å²) >= 11 is 5.14. The zero-order chi connectivity index (χ0) is 11.6. The van der Waals surface area contributed by atoms with Gasteiger partial charge < -0.3 is 4.74 Å². The Bertz CT molecular complexity index is 396. The lowest BCUT2D eigenvalue weighted by Gasteiger charge is -2.12. The average Bonchev–Trinajstić information content (AvgIpc) is 2.16. The molecule has 0 saturated heterocycles. The third-order valence-corrected chi connectivity index (χ3v) is 2.03. The molecule has 0 aliphatic heterocycles. The van der Waals surface area contributed by atoms with Gasteiger partial charge in [0.2, 0.25) is 0 Å². The van der Waals surface area contributed by atoms with Crippen LogP contribution in [-0.4, -0.2) is 17.3 Å². The van der Waals surface area contributed by atoms with Crippen LogP contribution in [0.5, 0.6) is 5.75 Å². The minimum absolute atomic E-state index is 0.0519. The number of methoxy groups -OCH3 is 1. The van der Waals surface area contributed by atoms with Gasteiger partial charge in [-0.05, 0) is 18.5 Å². The van der Waals surface area contributed by atoms with Crippen LogP contribution in [0.15, 0.2) is 6.20 Å². The molecule has 1 aromatic heterocycles. The van der Waals surface area contributed by atoms with Gasteiger partial charge in [-0.2, -0.15) is 0 Å². The summed E-state index contributed by atoms with van der Waals surface area (Å²) in [6, 6.07) is 0. The Morgan fingerprint density at radius 1 is 1.60 bits per heavy atom. The van der Waals surface area contributed by atoms with Crippen molar-refractivity contribution < 1.29 is 18.3 Å². The van der Waals surface area contributed by atoms with Crippen LogP contribution in [0.1, 0.15) is 28.0 Å². The lowest BCUT2D eigenvalue weighted by molar-refractivity contribution is 0.105. The van der Waals surface area contributed by atoms with E-state index >= 15 is 0 Å². The van der Waals surface area contributed by atoms with Crippen molar-refractivity contribution in [3.05, 3.63) is 23.0 Å². The number of alkyl halides is 2. The van der Waals surface area contributed by atoms with Gasteiger partial charge in [0.15, 0.2) is 0 Å². The van der Waals surface area contributed by atoms with Gasteiger partial charge in [-0.1, -0.05) is 0 Å². The maximum Gasteiger partial charge on any atom is 0.271 e. The number of nitrogens with zero attached hydrogens (tertiary/aromatic N) is 1. The molecule has 0 radical (unpaired) electrons. The van der Waals surface area contributed by atoms with E-state index in [-0.39, 0.29) is 5.75 Å². The van der Waals surface area contributed by atoms with E-state index in [9.17, 15) is 13.6 Å². The number of carbonyl (C=O) groups is 1. The number of halogens is 3. The fourth-order valence-electron chi connectivity index (χ4n) is 1.24. The van der Waals surface area contributed by atoms with Crippen LogP contribution >= 0.6 is 11.6 Å². The standard InChI is InChI=1S/C9H8ClF2NO2/c1-4-3-13-6(8(10)14)5(9(11)12)7(4)15-2/h3,9H,1-2H3. The largest absolute Gasteiger partial charge is 0.496 e. The van der Waals surface area contributed by atoms with Gasteiger partial charge in [0.25, 0.3) is 11.7 Å². The molecule has 0 N–H and O–H groups in total. The summed E-state index contributed by atoms with van der Waals surface area (Å²) in [7, 11) is 1.25. The molecular formula is C9H8ClF2NO2. The van der Waals surface area contributed by atoms with Gasteiger partial charge in [-0.3, -0.25) is 9.78 Å². The van der Waals surface area contributed by atoms with Crippen LogP contribution < -0.4 is 4.74 Å². The molecule has 1 heterocycles. The van der Waals surface area contributed by atoms with E-state index in [0.717, 1.165) is 0 Å². The fraction of sp³-hybridized carbons (Fsp3) is 0.333. The quantitative estimate of drug-likeness (QED) is 0.756. The topological polar surface area (TPSA) is 39.2 Å². The highest BCUT2D eigenvalue weighted by atomic mass is 35.5. The minimum atomic E-state index is -2.86. The molecular weight excluding hydrogens is 228 g/mol. The molecule has 1 aromatic rings. The first-order chi connectivity index (χ1) is 6.99. The van der Waals surface area contributed by atoms with Gasteiger partial charge >= 0.3 is 0 Å². The first kappa shape index (κ1) is 11.8. The summed E-state index contributed by atoms with van der Waals surface area (Å²) in [5.74, 6) is -0.0519. The fourth-order valence-corrected chi connectivity index (χ4v) is 1.39. The molecule has 0 aliphatic carbocycles. The summed E-state index contributed by atoms with van der Waals surface area (Å²) in [5, 5.41) is -1.02. The predicted molar refractivity (Wildman–Crippen MR) is 50.7 cm³/mol. The van der Waals surface area contributed by atoms with Crippen molar-refractivity contribution in [3.63, 3.8) is 0 Å². The maximum absolute atomic E-state index is 12.7. The minimum Gasteiger partial charge on any atom is -0.496 e. The highest BCUT2D eigenvalue weighted by Crippen LogP contribution is 2.34. The third kappa shape index (κ3) is 2.23. The number of pyridine rings is 1. The number of rotatable bonds is 3. The van der Waals surface area contributed by atoms with E-state index in [1.54, 1.807) is 6.92 Å². The Morgan fingerprint density at radius 2 is 2.20 bits per heavy atom. The molecule has 0 bridgehead atoms. The number of aryl methyl sites for hydroxylation is 1. The monoisotopic (exact) mass is 235 g/mol. The summed E-state index contributed by atoms with van der Waals surface area (Å²) in [4.78, 5) is 14.4. The number of hydrogen-bond acceptors (Lipinski definition) is 3. The van der Waals surface area contributed by atoms with Crippen molar-refractivity contribution in [1.82, 2.24) is 4.98 Å². The third-order valence-electron chi connectivity index (χ3n) is 1.85. The molecule has 0 fully saturated rings. The van der Waals surface area contributed by atoms with E-state index in [0.29, 0.717) is 5.56 Å². The zero-order valence-corrected chi connectivity index (χ0v) is 8.81. The van der Waals surface area contributed by atoms with E-state index < -0.39 is 22.9 Å². The second-order valence-corrected chi connectivity index (χ2v) is 3.15. The van der Waals surface area contributed by atoms with Crippen LogP contribution in [-0.2, 0) is 0 Å². The highest BCUT2D eigenvalue weighted by molar-refractivity contribution is 6.67. The number of carbonyl (C=O) groups excluding carboxylic acids is 1. The lowest BCUT2D eigenvalue weighted by Crippen LogP contribution is -2.06. The summed E-state index contributed by atoms with van der Waals surface area (Å²) in [6.07, 6.45) is -1.59. The normalized spacial score (nSPS) is 10.5. The summed E-state index contributed by atoms with van der Waals surface area (Å²) < 4.78 is 30.2. The zero-order valence-electron chi connectivity index (χ0n) is 8.05. The molecule has 0 amide bonds. The summed E-state index contributed by atoms with van der Waals surface area (Å²) in [5.41, 5.74) is -0.596. The SMILES string of the molecule is COc1c(C)cnc(C(=O)Cl)c1C(F)F. The molecule has 0 spiro atoms. The first-order valence-corrected chi connectivity index (χ1v) is 4.38. The molecule has 6 heteroatoms. The lowest BCUT2D eigenvalue weighted by atomic mass is 10.1. The van der Waals surface area contributed by atoms with Crippen LogP contribution in [0.4, 0.5) is 8.78 Å². The van der Waals surface area contributed by atoms with E-state index in [2.05, 4.69) is 4.98 Å². The summed E-state index contributed by atoms with van der Waals surface area (Å²) in [6.45, 7) is 1.56. The molecule has 82 valence electrons. The van der Waals surface area contributed by atoms with E-state index in [1.165, 1.54) is 13.3 Å². The Morgan fingerprint density at radius 3 is 2.60 bits per heavy atom. The number of aromatic nitrogens is 1. The highest BCUT2D eigenvalue weighted by Gasteiger charge is 2.24. The van der Waals surface area contributed by atoms with Gasteiger partial charge in [-0.25, -0.2) is 8.78 Å². The molecule has 15 heavy (non-hydrogen) atoms. The average molecular weight is 236 g/mol. The first-order valence-electron chi connectivity index (χ1n) is 4.00. The van der Waals surface area contributed by atoms with Crippen LogP contribution in [0.3, 0.4) is 0 Å². The van der Waals surface area contributed by atoms with Crippen molar-refractivity contribution in [2.24, 2.45) is 0 Å². The molecule has 3 nitrogen and oxygen atoms in total. The van der Waals surface area contributed by atoms with Gasteiger partial charge in [-0.15, -0.1) is 0 Å². The Labute approximate surface area is 90.0 Å². The van der Waals surface area contributed by atoms with E-state index in [1.807, 2.05) is 0 Å². The maximum atomic E-state index is 12.7. The second-order valence-electron chi connectivity index (χ2n) is 2.81. The number of hydrogen-bond donors (Lipinski definition) is 0. The molecule has 0 aromatic carbocycles. The van der Waals surface area contributed by atoms with Gasteiger partial charge in [0, 0.05) is 11.8 Å². The number of ether oxygens (including phenoxy) is 1. The van der Waals surface area contributed by atoms with Crippen molar-refractivity contribution in [3.8, 4) is 5.75 Å². The molecule has 0 unspecified atom stereocenters. The Hall–Kier alpha value is -1.23. The Kier molecular flexibility index (Phi) is 3.57. The van der Waals surface area contributed by atoms with Crippen molar-refractivity contribution >= 4 is 16.8 Å². The molecule has 0 saturated carbocycles.